The number of amides is 3. The zero-order chi connectivity index (χ0) is 17.0. The molecule has 2 rings (SSSR count). The molecule has 0 radical (unpaired) electrons. The number of halogens is 2. The van der Waals surface area contributed by atoms with Gasteiger partial charge in [0.25, 0.3) is 0 Å². The second kappa shape index (κ2) is 7.64. The van der Waals surface area contributed by atoms with Crippen LogP contribution in [0.4, 0.5) is 9.18 Å². The van der Waals surface area contributed by atoms with Crippen LogP contribution in [-0.2, 0) is 11.3 Å². The van der Waals surface area contributed by atoms with Gasteiger partial charge in [-0.2, -0.15) is 0 Å². The molecule has 126 valence electrons. The standard InChI is InChI=1S/C16H21ClFN3O2/c1-21(9-10-5-6-13(17)14(18)7-10)16(23)20-12-4-2-3-11(8-12)15(19)22/h5-7,11-12H,2-4,8-9H2,1H3,(H2,19,22)(H,20,23). The Morgan fingerprint density at radius 3 is 2.83 bits per heavy atom. The molecule has 0 heterocycles. The van der Waals surface area contributed by atoms with Crippen LogP contribution in [0.3, 0.4) is 0 Å². The van der Waals surface area contributed by atoms with E-state index in [1.165, 1.54) is 17.0 Å². The van der Waals surface area contributed by atoms with E-state index < -0.39 is 5.82 Å². The average molecular weight is 342 g/mol. The highest BCUT2D eigenvalue weighted by molar-refractivity contribution is 6.30. The fourth-order valence-corrected chi connectivity index (χ4v) is 2.97. The summed E-state index contributed by atoms with van der Waals surface area (Å²) >= 11 is 5.64. The van der Waals surface area contributed by atoms with E-state index in [0.717, 1.165) is 19.3 Å². The van der Waals surface area contributed by atoms with Gasteiger partial charge in [-0.1, -0.05) is 24.1 Å². The molecule has 1 aromatic rings. The van der Waals surface area contributed by atoms with Crippen LogP contribution in [0, 0.1) is 11.7 Å². The molecule has 0 saturated heterocycles. The van der Waals surface area contributed by atoms with Gasteiger partial charge >= 0.3 is 6.03 Å². The van der Waals surface area contributed by atoms with Gasteiger partial charge in [0.15, 0.2) is 0 Å². The summed E-state index contributed by atoms with van der Waals surface area (Å²) in [5.74, 6) is -0.992. The van der Waals surface area contributed by atoms with Crippen LogP contribution < -0.4 is 11.1 Å². The minimum Gasteiger partial charge on any atom is -0.369 e. The third-order valence-electron chi connectivity index (χ3n) is 4.15. The molecule has 1 aromatic carbocycles. The summed E-state index contributed by atoms with van der Waals surface area (Å²) in [6, 6.07) is 4.15. The number of carbonyl (C=O) groups excluding carboxylic acids is 2. The highest BCUT2D eigenvalue weighted by Crippen LogP contribution is 2.24. The van der Waals surface area contributed by atoms with E-state index in [1.807, 2.05) is 0 Å². The van der Waals surface area contributed by atoms with E-state index in [-0.39, 0.29) is 35.5 Å². The molecule has 1 aliphatic carbocycles. The van der Waals surface area contributed by atoms with Crippen LogP contribution in [0.5, 0.6) is 0 Å². The molecule has 0 aliphatic heterocycles. The lowest BCUT2D eigenvalue weighted by atomic mass is 9.85. The first-order valence-corrected chi connectivity index (χ1v) is 7.99. The third kappa shape index (κ3) is 4.82. The Balaban J connectivity index is 1.89. The molecule has 7 heteroatoms. The van der Waals surface area contributed by atoms with E-state index in [9.17, 15) is 14.0 Å². The first-order valence-electron chi connectivity index (χ1n) is 7.61. The van der Waals surface area contributed by atoms with Crippen molar-refractivity contribution in [1.82, 2.24) is 10.2 Å². The van der Waals surface area contributed by atoms with Crippen molar-refractivity contribution in [3.63, 3.8) is 0 Å². The molecule has 3 amide bonds. The molecular formula is C16H21ClFN3O2. The van der Waals surface area contributed by atoms with Gasteiger partial charge in [0.05, 0.1) is 5.02 Å². The summed E-state index contributed by atoms with van der Waals surface area (Å²) in [5.41, 5.74) is 6.00. The Morgan fingerprint density at radius 2 is 2.17 bits per heavy atom. The smallest absolute Gasteiger partial charge is 0.317 e. The molecule has 0 spiro atoms. The van der Waals surface area contributed by atoms with Gasteiger partial charge in [-0.15, -0.1) is 0 Å². The molecule has 1 fully saturated rings. The van der Waals surface area contributed by atoms with E-state index in [0.29, 0.717) is 12.0 Å². The number of hydrogen-bond donors (Lipinski definition) is 2. The number of hydrogen-bond acceptors (Lipinski definition) is 2. The minimum atomic E-state index is -0.505. The highest BCUT2D eigenvalue weighted by atomic mass is 35.5. The number of urea groups is 1. The molecule has 3 N–H and O–H groups in total. The van der Waals surface area contributed by atoms with E-state index in [2.05, 4.69) is 5.32 Å². The van der Waals surface area contributed by atoms with Crippen molar-refractivity contribution in [2.75, 3.05) is 7.05 Å². The lowest BCUT2D eigenvalue weighted by molar-refractivity contribution is -0.122. The summed E-state index contributed by atoms with van der Waals surface area (Å²) in [6.07, 6.45) is 3.05. The Bertz CT molecular complexity index is 597. The van der Waals surface area contributed by atoms with Crippen LogP contribution in [0.1, 0.15) is 31.2 Å². The number of nitrogens with zero attached hydrogens (tertiary/aromatic N) is 1. The SMILES string of the molecule is CN(Cc1ccc(Cl)c(F)c1)C(=O)NC1CCCC(C(N)=O)C1. The molecule has 2 unspecified atom stereocenters. The number of carbonyl (C=O) groups is 2. The summed E-state index contributed by atoms with van der Waals surface area (Å²) in [7, 11) is 1.64. The van der Waals surface area contributed by atoms with E-state index in [4.69, 9.17) is 17.3 Å². The zero-order valence-electron chi connectivity index (χ0n) is 13.0. The van der Waals surface area contributed by atoms with Gasteiger partial charge in [0, 0.05) is 25.6 Å². The quantitative estimate of drug-likeness (QED) is 0.883. The molecule has 23 heavy (non-hydrogen) atoms. The molecule has 5 nitrogen and oxygen atoms in total. The predicted molar refractivity (Wildman–Crippen MR) is 86.3 cm³/mol. The van der Waals surface area contributed by atoms with Gasteiger partial charge in [-0.05, 0) is 37.0 Å². The van der Waals surface area contributed by atoms with Crippen molar-refractivity contribution in [3.8, 4) is 0 Å². The number of nitrogens with one attached hydrogen (secondary N) is 1. The second-order valence-corrected chi connectivity index (χ2v) is 6.42. The molecule has 0 bridgehead atoms. The fourth-order valence-electron chi connectivity index (χ4n) is 2.85. The van der Waals surface area contributed by atoms with Gasteiger partial charge < -0.3 is 16.0 Å². The summed E-state index contributed by atoms with van der Waals surface area (Å²) in [5, 5.41) is 2.97. The second-order valence-electron chi connectivity index (χ2n) is 6.02. The zero-order valence-corrected chi connectivity index (χ0v) is 13.8. The fraction of sp³-hybridized carbons (Fsp3) is 0.500. The van der Waals surface area contributed by atoms with Crippen LogP contribution in [0.15, 0.2) is 18.2 Å². The number of benzene rings is 1. The Morgan fingerprint density at radius 1 is 1.43 bits per heavy atom. The van der Waals surface area contributed by atoms with Crippen molar-refractivity contribution in [2.24, 2.45) is 11.7 Å². The summed E-state index contributed by atoms with van der Waals surface area (Å²) < 4.78 is 13.4. The maximum Gasteiger partial charge on any atom is 0.317 e. The van der Waals surface area contributed by atoms with E-state index >= 15 is 0 Å². The summed E-state index contributed by atoms with van der Waals surface area (Å²) in [6.45, 7) is 0.270. The highest BCUT2D eigenvalue weighted by Gasteiger charge is 2.27. The van der Waals surface area contributed by atoms with Crippen LogP contribution in [-0.4, -0.2) is 29.9 Å². The molecule has 1 aliphatic rings. The van der Waals surface area contributed by atoms with Gasteiger partial charge in [-0.25, -0.2) is 9.18 Å². The number of primary amides is 1. The van der Waals surface area contributed by atoms with E-state index in [1.54, 1.807) is 13.1 Å². The normalized spacial score (nSPS) is 20.8. The van der Waals surface area contributed by atoms with Gasteiger partial charge in [0.2, 0.25) is 5.91 Å². The molecule has 0 aromatic heterocycles. The van der Waals surface area contributed by atoms with Gasteiger partial charge in [-0.3, -0.25) is 4.79 Å². The lowest BCUT2D eigenvalue weighted by Gasteiger charge is -2.29. The minimum absolute atomic E-state index is 0.0561. The first-order chi connectivity index (χ1) is 10.9. The maximum atomic E-state index is 13.4. The molecule has 2 atom stereocenters. The Hall–Kier alpha value is -1.82. The van der Waals surface area contributed by atoms with Crippen molar-refractivity contribution in [2.45, 2.75) is 38.3 Å². The maximum absolute atomic E-state index is 13.4. The topological polar surface area (TPSA) is 75.4 Å². The van der Waals surface area contributed by atoms with Crippen molar-refractivity contribution < 1.29 is 14.0 Å². The third-order valence-corrected chi connectivity index (χ3v) is 4.46. The van der Waals surface area contributed by atoms with Crippen molar-refractivity contribution in [1.29, 1.82) is 0 Å². The number of nitrogens with two attached hydrogens (primary N) is 1. The van der Waals surface area contributed by atoms with Gasteiger partial charge in [0.1, 0.15) is 5.82 Å². The molecular weight excluding hydrogens is 321 g/mol. The Labute approximate surface area is 140 Å². The summed E-state index contributed by atoms with van der Waals surface area (Å²) in [4.78, 5) is 25.0. The largest absolute Gasteiger partial charge is 0.369 e. The average Bonchev–Trinajstić information content (AvgIpc) is 2.51. The van der Waals surface area contributed by atoms with Crippen molar-refractivity contribution >= 4 is 23.5 Å². The predicted octanol–water partition coefficient (Wildman–Crippen LogP) is 2.66. The monoisotopic (exact) mass is 341 g/mol. The van der Waals surface area contributed by atoms with Crippen molar-refractivity contribution in [3.05, 3.63) is 34.6 Å². The molecule has 1 saturated carbocycles. The lowest BCUT2D eigenvalue weighted by Crippen LogP contribution is -2.46. The van der Waals surface area contributed by atoms with Crippen LogP contribution in [0.2, 0.25) is 5.02 Å². The Kier molecular flexibility index (Phi) is 5.82. The first kappa shape index (κ1) is 17.5. The number of rotatable bonds is 4. The van der Waals surface area contributed by atoms with Crippen LogP contribution in [0.25, 0.3) is 0 Å². The van der Waals surface area contributed by atoms with Crippen LogP contribution >= 0.6 is 11.6 Å².